The van der Waals surface area contributed by atoms with Crippen molar-refractivity contribution in [2.75, 3.05) is 0 Å². The molecule has 0 bridgehead atoms. The smallest absolute Gasteiger partial charge is 0.306 e. The van der Waals surface area contributed by atoms with Crippen LogP contribution in [0.4, 0.5) is 0 Å². The molecule has 5 fully saturated rings. The van der Waals surface area contributed by atoms with E-state index in [9.17, 15) is 4.79 Å². The Balaban J connectivity index is 1.56. The van der Waals surface area contributed by atoms with Gasteiger partial charge in [-0.15, -0.1) is 0 Å². The lowest BCUT2D eigenvalue weighted by atomic mass is 9.53. The number of hydrogen-bond donors (Lipinski definition) is 0. The Bertz CT molecular complexity index is 512. The van der Waals surface area contributed by atoms with Gasteiger partial charge in [-0.25, -0.2) is 0 Å². The van der Waals surface area contributed by atoms with Gasteiger partial charge in [0.25, 0.3) is 0 Å². The molecular formula is C19H28O2. The van der Waals surface area contributed by atoms with E-state index in [1.165, 1.54) is 25.7 Å². The first-order valence-corrected chi connectivity index (χ1v) is 9.20. The maximum atomic E-state index is 11.9. The van der Waals surface area contributed by atoms with Crippen LogP contribution in [-0.4, -0.2) is 11.6 Å². The standard InChI is InChI=1S/C19H28O2/c1-10-4-6-18(3)17(16(10)12-8-11(12)2)13-9-14(13)19(18)7-5-15(20)21-19/h10-14,16-17H,4-9H2,1-3H3. The quantitative estimate of drug-likeness (QED) is 0.681. The van der Waals surface area contributed by atoms with Gasteiger partial charge in [0, 0.05) is 17.8 Å². The SMILES string of the molecule is CC1CC1C1C(C)CCC2(C)C1C1CC1C21CCC(=O)O1. The predicted molar refractivity (Wildman–Crippen MR) is 80.4 cm³/mol. The molecule has 0 radical (unpaired) electrons. The second-order valence-corrected chi connectivity index (χ2v) is 9.28. The molecule has 0 aromatic rings. The lowest BCUT2D eigenvalue weighted by molar-refractivity contribution is -0.172. The monoisotopic (exact) mass is 288 g/mol. The van der Waals surface area contributed by atoms with Crippen molar-refractivity contribution in [1.29, 1.82) is 0 Å². The van der Waals surface area contributed by atoms with E-state index >= 15 is 0 Å². The van der Waals surface area contributed by atoms with Gasteiger partial charge in [-0.1, -0.05) is 20.8 Å². The fourth-order valence-electron chi connectivity index (χ4n) is 7.32. The Kier molecular flexibility index (Phi) is 2.27. The van der Waals surface area contributed by atoms with Gasteiger partial charge in [-0.3, -0.25) is 4.79 Å². The Morgan fingerprint density at radius 3 is 2.48 bits per heavy atom. The molecule has 0 aromatic heterocycles. The number of fused-ring (bicyclic) bond motifs is 5. The van der Waals surface area contributed by atoms with Crippen molar-refractivity contribution in [2.24, 2.45) is 46.8 Å². The van der Waals surface area contributed by atoms with Gasteiger partial charge in [-0.05, 0) is 67.6 Å². The van der Waals surface area contributed by atoms with Crippen molar-refractivity contribution < 1.29 is 9.53 Å². The Morgan fingerprint density at radius 2 is 1.86 bits per heavy atom. The number of rotatable bonds is 1. The molecule has 9 unspecified atom stereocenters. The summed E-state index contributed by atoms with van der Waals surface area (Å²) < 4.78 is 6.11. The van der Waals surface area contributed by atoms with Crippen molar-refractivity contribution in [1.82, 2.24) is 0 Å². The van der Waals surface area contributed by atoms with Crippen LogP contribution in [0.25, 0.3) is 0 Å². The molecule has 0 aromatic carbocycles. The van der Waals surface area contributed by atoms with Crippen LogP contribution < -0.4 is 0 Å². The Morgan fingerprint density at radius 1 is 1.10 bits per heavy atom. The van der Waals surface area contributed by atoms with Crippen LogP contribution in [0, 0.1) is 46.8 Å². The minimum absolute atomic E-state index is 0.0596. The zero-order chi connectivity index (χ0) is 14.6. The third-order valence-electron chi connectivity index (χ3n) is 8.46. The van der Waals surface area contributed by atoms with Crippen LogP contribution >= 0.6 is 0 Å². The van der Waals surface area contributed by atoms with E-state index in [4.69, 9.17) is 4.74 Å². The van der Waals surface area contributed by atoms with Crippen molar-refractivity contribution in [2.45, 2.75) is 64.9 Å². The van der Waals surface area contributed by atoms with Crippen LogP contribution in [-0.2, 0) is 9.53 Å². The normalized spacial score (nSPS) is 64.1. The average molecular weight is 288 g/mol. The highest BCUT2D eigenvalue weighted by Crippen LogP contribution is 2.78. The molecular weight excluding hydrogens is 260 g/mol. The summed E-state index contributed by atoms with van der Waals surface area (Å²) in [6, 6.07) is 0. The maximum Gasteiger partial charge on any atom is 0.306 e. The molecule has 1 spiro atoms. The highest BCUT2D eigenvalue weighted by atomic mass is 16.6. The van der Waals surface area contributed by atoms with Crippen molar-refractivity contribution in [3.05, 3.63) is 0 Å². The Labute approximate surface area is 128 Å². The summed E-state index contributed by atoms with van der Waals surface area (Å²) in [5.41, 5.74) is 0.224. The van der Waals surface area contributed by atoms with Gasteiger partial charge in [0.2, 0.25) is 0 Å². The first-order chi connectivity index (χ1) is 9.98. The second-order valence-electron chi connectivity index (χ2n) is 9.28. The summed E-state index contributed by atoms with van der Waals surface area (Å²) >= 11 is 0. The highest BCUT2D eigenvalue weighted by molar-refractivity contribution is 5.73. The van der Waals surface area contributed by atoms with Crippen LogP contribution in [0.15, 0.2) is 0 Å². The second kappa shape index (κ2) is 3.68. The van der Waals surface area contributed by atoms with E-state index < -0.39 is 0 Å². The zero-order valence-electron chi connectivity index (χ0n) is 13.6. The van der Waals surface area contributed by atoms with Crippen molar-refractivity contribution >= 4 is 5.97 Å². The minimum Gasteiger partial charge on any atom is -0.458 e. The molecule has 2 nitrogen and oxygen atoms in total. The van der Waals surface area contributed by atoms with Gasteiger partial charge < -0.3 is 4.74 Å². The van der Waals surface area contributed by atoms with E-state index in [1.807, 2.05) is 0 Å². The van der Waals surface area contributed by atoms with E-state index in [0.29, 0.717) is 12.3 Å². The van der Waals surface area contributed by atoms with Gasteiger partial charge in [0.15, 0.2) is 0 Å². The summed E-state index contributed by atoms with van der Waals surface area (Å²) in [7, 11) is 0. The third kappa shape index (κ3) is 1.39. The lowest BCUT2D eigenvalue weighted by Gasteiger charge is -2.53. The largest absolute Gasteiger partial charge is 0.458 e. The molecule has 5 rings (SSSR count). The first kappa shape index (κ1) is 13.0. The minimum atomic E-state index is -0.0596. The molecule has 9 atom stereocenters. The fourth-order valence-corrected chi connectivity index (χ4v) is 7.32. The summed E-state index contributed by atoms with van der Waals surface area (Å²) in [5, 5.41) is 0. The highest BCUT2D eigenvalue weighted by Gasteiger charge is 2.78. The van der Waals surface area contributed by atoms with Crippen molar-refractivity contribution in [3.63, 3.8) is 0 Å². The summed E-state index contributed by atoms with van der Waals surface area (Å²) in [4.78, 5) is 11.9. The number of esters is 1. The van der Waals surface area contributed by atoms with Crippen LogP contribution in [0.1, 0.15) is 59.3 Å². The number of ether oxygens (including phenoxy) is 1. The first-order valence-electron chi connectivity index (χ1n) is 9.20. The molecule has 4 aliphatic carbocycles. The number of carbonyl (C=O) groups is 1. The lowest BCUT2D eigenvalue weighted by Crippen LogP contribution is -2.53. The third-order valence-corrected chi connectivity index (χ3v) is 8.46. The van der Waals surface area contributed by atoms with Gasteiger partial charge in [-0.2, -0.15) is 0 Å². The molecule has 5 aliphatic rings. The van der Waals surface area contributed by atoms with Crippen LogP contribution in [0.2, 0.25) is 0 Å². The van der Waals surface area contributed by atoms with E-state index in [2.05, 4.69) is 20.8 Å². The Hall–Kier alpha value is -0.530. The molecule has 4 saturated carbocycles. The van der Waals surface area contributed by atoms with Crippen molar-refractivity contribution in [3.8, 4) is 0 Å². The molecule has 0 amide bonds. The summed E-state index contributed by atoms with van der Waals surface area (Å²) in [5.74, 6) is 6.21. The summed E-state index contributed by atoms with van der Waals surface area (Å²) in [6.45, 7) is 7.43. The topological polar surface area (TPSA) is 26.3 Å². The van der Waals surface area contributed by atoms with E-state index in [1.54, 1.807) is 0 Å². The van der Waals surface area contributed by atoms with Gasteiger partial charge >= 0.3 is 5.97 Å². The number of carbonyl (C=O) groups excluding carboxylic acids is 1. The molecule has 21 heavy (non-hydrogen) atoms. The summed E-state index contributed by atoms with van der Waals surface area (Å²) in [6.07, 6.45) is 7.12. The van der Waals surface area contributed by atoms with Gasteiger partial charge in [0.05, 0.1) is 0 Å². The van der Waals surface area contributed by atoms with Crippen LogP contribution in [0.5, 0.6) is 0 Å². The molecule has 116 valence electrons. The molecule has 1 heterocycles. The average Bonchev–Trinajstić information content (AvgIpc) is 3.31. The van der Waals surface area contributed by atoms with E-state index in [-0.39, 0.29) is 17.0 Å². The number of hydrogen-bond acceptors (Lipinski definition) is 2. The van der Waals surface area contributed by atoms with Crippen LogP contribution in [0.3, 0.4) is 0 Å². The molecule has 1 saturated heterocycles. The maximum absolute atomic E-state index is 11.9. The fraction of sp³-hybridized carbons (Fsp3) is 0.947. The van der Waals surface area contributed by atoms with E-state index in [0.717, 1.165) is 41.9 Å². The van der Waals surface area contributed by atoms with Gasteiger partial charge in [0.1, 0.15) is 5.60 Å². The molecule has 0 N–H and O–H groups in total. The molecule has 2 heteroatoms. The zero-order valence-corrected chi connectivity index (χ0v) is 13.6. The predicted octanol–water partition coefficient (Wildman–Crippen LogP) is 4.04. The molecule has 1 aliphatic heterocycles.